The van der Waals surface area contributed by atoms with Crippen molar-refractivity contribution < 1.29 is 9.53 Å². The van der Waals surface area contributed by atoms with Crippen molar-refractivity contribution in [3.63, 3.8) is 0 Å². The zero-order valence-electron chi connectivity index (χ0n) is 11.4. The van der Waals surface area contributed by atoms with Crippen LogP contribution in [0.25, 0.3) is 0 Å². The van der Waals surface area contributed by atoms with Crippen LogP contribution in [-0.2, 0) is 9.53 Å². The summed E-state index contributed by atoms with van der Waals surface area (Å²) in [5.41, 5.74) is 0.127. The zero-order chi connectivity index (χ0) is 12.7. The number of ether oxygens (including phenoxy) is 1. The second-order valence-electron chi connectivity index (χ2n) is 4.69. The van der Waals surface area contributed by atoms with Gasteiger partial charge in [-0.25, -0.2) is 0 Å². The first-order chi connectivity index (χ1) is 8.17. The van der Waals surface area contributed by atoms with E-state index in [4.69, 9.17) is 4.74 Å². The van der Waals surface area contributed by atoms with Crippen LogP contribution in [0.3, 0.4) is 0 Å². The molecule has 0 spiro atoms. The summed E-state index contributed by atoms with van der Waals surface area (Å²) < 4.78 is 5.24. The van der Waals surface area contributed by atoms with E-state index in [2.05, 4.69) is 26.1 Å². The van der Waals surface area contributed by atoms with Gasteiger partial charge in [-0.05, 0) is 19.3 Å². The van der Waals surface area contributed by atoms with Crippen LogP contribution in [0.1, 0.15) is 40.0 Å². The van der Waals surface area contributed by atoms with E-state index >= 15 is 0 Å². The summed E-state index contributed by atoms with van der Waals surface area (Å²) in [6.07, 6.45) is 3.20. The quantitative estimate of drug-likeness (QED) is 0.765. The summed E-state index contributed by atoms with van der Waals surface area (Å²) in [7, 11) is 0. The van der Waals surface area contributed by atoms with Crippen LogP contribution in [0.2, 0.25) is 0 Å². The zero-order valence-corrected chi connectivity index (χ0v) is 11.4. The van der Waals surface area contributed by atoms with Gasteiger partial charge in [-0.2, -0.15) is 0 Å². The molecule has 1 saturated heterocycles. The highest BCUT2D eigenvalue weighted by Gasteiger charge is 2.25. The largest absolute Gasteiger partial charge is 0.378 e. The van der Waals surface area contributed by atoms with E-state index < -0.39 is 0 Å². The van der Waals surface area contributed by atoms with Crippen LogP contribution in [0, 0.1) is 0 Å². The summed E-state index contributed by atoms with van der Waals surface area (Å²) in [6.45, 7) is 9.81. The minimum Gasteiger partial charge on any atom is -0.378 e. The van der Waals surface area contributed by atoms with E-state index in [9.17, 15) is 4.79 Å². The van der Waals surface area contributed by atoms with Crippen molar-refractivity contribution in [2.75, 3.05) is 32.8 Å². The number of morpholine rings is 1. The van der Waals surface area contributed by atoms with Crippen molar-refractivity contribution in [2.24, 2.45) is 0 Å². The molecule has 1 aliphatic rings. The molecular formula is C13H26N2O2. The molecule has 0 atom stereocenters. The molecule has 1 heterocycles. The molecule has 1 aliphatic heterocycles. The fraction of sp³-hybridized carbons (Fsp3) is 0.923. The molecule has 1 N–H and O–H groups in total. The van der Waals surface area contributed by atoms with E-state index in [0.717, 1.165) is 32.4 Å². The number of amides is 1. The standard InChI is InChI=1S/C13H26N2O2/c1-4-13(5-2,6-3)14-11-12(16)15-7-9-17-10-8-15/h14H,4-11H2,1-3H3. The Morgan fingerprint density at radius 3 is 2.18 bits per heavy atom. The average molecular weight is 242 g/mol. The van der Waals surface area contributed by atoms with Crippen LogP contribution in [0.4, 0.5) is 0 Å². The monoisotopic (exact) mass is 242 g/mol. The first kappa shape index (κ1) is 14.5. The molecule has 0 aromatic rings. The predicted octanol–water partition coefficient (Wildman–Crippen LogP) is 1.40. The summed E-state index contributed by atoms with van der Waals surface area (Å²) in [6, 6.07) is 0. The number of nitrogens with one attached hydrogen (secondary N) is 1. The van der Waals surface area contributed by atoms with Crippen molar-refractivity contribution in [3.05, 3.63) is 0 Å². The number of hydrogen-bond donors (Lipinski definition) is 1. The Hall–Kier alpha value is -0.610. The minimum atomic E-state index is 0.127. The molecule has 0 saturated carbocycles. The predicted molar refractivity (Wildman–Crippen MR) is 69.0 cm³/mol. The average Bonchev–Trinajstić information content (AvgIpc) is 2.41. The first-order valence-corrected chi connectivity index (χ1v) is 6.78. The van der Waals surface area contributed by atoms with E-state index in [0.29, 0.717) is 19.8 Å². The SMILES string of the molecule is CCC(CC)(CC)NCC(=O)N1CCOCC1. The van der Waals surface area contributed by atoms with Crippen molar-refractivity contribution in [3.8, 4) is 0 Å². The Morgan fingerprint density at radius 2 is 1.71 bits per heavy atom. The van der Waals surface area contributed by atoms with Crippen LogP contribution >= 0.6 is 0 Å². The van der Waals surface area contributed by atoms with E-state index in [1.54, 1.807) is 0 Å². The maximum absolute atomic E-state index is 12.0. The highest BCUT2D eigenvalue weighted by atomic mass is 16.5. The molecule has 100 valence electrons. The second kappa shape index (κ2) is 6.97. The van der Waals surface area contributed by atoms with Crippen LogP contribution in [0.15, 0.2) is 0 Å². The molecular weight excluding hydrogens is 216 g/mol. The maximum Gasteiger partial charge on any atom is 0.236 e. The van der Waals surface area contributed by atoms with E-state index in [1.165, 1.54) is 0 Å². The van der Waals surface area contributed by atoms with Gasteiger partial charge >= 0.3 is 0 Å². The molecule has 0 aromatic heterocycles. The Bertz CT molecular complexity index is 225. The van der Waals surface area contributed by atoms with Crippen molar-refractivity contribution in [2.45, 2.75) is 45.6 Å². The third-order valence-electron chi connectivity index (χ3n) is 4.01. The van der Waals surface area contributed by atoms with Gasteiger partial charge in [0.1, 0.15) is 0 Å². The molecule has 1 rings (SSSR count). The van der Waals surface area contributed by atoms with E-state index in [1.807, 2.05) is 4.90 Å². The van der Waals surface area contributed by atoms with Crippen molar-refractivity contribution in [1.82, 2.24) is 10.2 Å². The van der Waals surface area contributed by atoms with Crippen LogP contribution in [0.5, 0.6) is 0 Å². The van der Waals surface area contributed by atoms with Gasteiger partial charge in [-0.15, -0.1) is 0 Å². The number of rotatable bonds is 6. The molecule has 0 aliphatic carbocycles. The number of carbonyl (C=O) groups is 1. The molecule has 0 radical (unpaired) electrons. The molecule has 4 nitrogen and oxygen atoms in total. The molecule has 0 unspecified atom stereocenters. The lowest BCUT2D eigenvalue weighted by atomic mass is 9.90. The van der Waals surface area contributed by atoms with Crippen molar-refractivity contribution in [1.29, 1.82) is 0 Å². The second-order valence-corrected chi connectivity index (χ2v) is 4.69. The third kappa shape index (κ3) is 3.96. The summed E-state index contributed by atoms with van der Waals surface area (Å²) in [5.74, 6) is 0.202. The summed E-state index contributed by atoms with van der Waals surface area (Å²) >= 11 is 0. The van der Waals surface area contributed by atoms with Gasteiger partial charge in [-0.3, -0.25) is 4.79 Å². The summed E-state index contributed by atoms with van der Waals surface area (Å²) in [4.78, 5) is 13.9. The van der Waals surface area contributed by atoms with E-state index in [-0.39, 0.29) is 11.4 Å². The lowest BCUT2D eigenvalue weighted by Gasteiger charge is -2.33. The first-order valence-electron chi connectivity index (χ1n) is 6.78. The molecule has 0 aromatic carbocycles. The Kier molecular flexibility index (Phi) is 5.92. The summed E-state index contributed by atoms with van der Waals surface area (Å²) in [5, 5.41) is 3.45. The molecule has 4 heteroatoms. The molecule has 1 fully saturated rings. The van der Waals surface area contributed by atoms with Gasteiger partial charge in [0.25, 0.3) is 0 Å². The van der Waals surface area contributed by atoms with Gasteiger partial charge in [0, 0.05) is 18.6 Å². The Balaban J connectivity index is 2.40. The smallest absolute Gasteiger partial charge is 0.236 e. The topological polar surface area (TPSA) is 41.6 Å². The van der Waals surface area contributed by atoms with Crippen molar-refractivity contribution >= 4 is 5.91 Å². The van der Waals surface area contributed by atoms with Gasteiger partial charge < -0.3 is 15.0 Å². The molecule has 1 amide bonds. The van der Waals surface area contributed by atoms with Crippen LogP contribution < -0.4 is 5.32 Å². The number of carbonyl (C=O) groups excluding carboxylic acids is 1. The van der Waals surface area contributed by atoms with Gasteiger partial charge in [0.05, 0.1) is 19.8 Å². The fourth-order valence-corrected chi connectivity index (χ4v) is 2.31. The molecule has 0 bridgehead atoms. The highest BCUT2D eigenvalue weighted by molar-refractivity contribution is 5.78. The maximum atomic E-state index is 12.0. The van der Waals surface area contributed by atoms with Gasteiger partial charge in [-0.1, -0.05) is 20.8 Å². The third-order valence-corrected chi connectivity index (χ3v) is 4.01. The Morgan fingerprint density at radius 1 is 1.18 bits per heavy atom. The molecule has 17 heavy (non-hydrogen) atoms. The minimum absolute atomic E-state index is 0.127. The van der Waals surface area contributed by atoms with Crippen LogP contribution in [-0.4, -0.2) is 49.2 Å². The van der Waals surface area contributed by atoms with Gasteiger partial charge in [0.15, 0.2) is 0 Å². The normalized spacial score (nSPS) is 17.2. The number of hydrogen-bond acceptors (Lipinski definition) is 3. The number of nitrogens with zero attached hydrogens (tertiary/aromatic N) is 1. The fourth-order valence-electron chi connectivity index (χ4n) is 2.31. The highest BCUT2D eigenvalue weighted by Crippen LogP contribution is 2.18. The van der Waals surface area contributed by atoms with Gasteiger partial charge in [0.2, 0.25) is 5.91 Å². The Labute approximate surface area is 105 Å². The lowest BCUT2D eigenvalue weighted by Crippen LogP contribution is -2.51. The lowest BCUT2D eigenvalue weighted by molar-refractivity contribution is -0.134.